The Kier molecular flexibility index (Phi) is 5.64. The topological polar surface area (TPSA) is 29.9 Å². The summed E-state index contributed by atoms with van der Waals surface area (Å²) in [6, 6.07) is 0.426. The number of aromatic nitrogens is 2. The van der Waals surface area contributed by atoms with Crippen LogP contribution in [0.15, 0.2) is 0 Å². The first-order valence-corrected chi connectivity index (χ1v) is 8.52. The van der Waals surface area contributed by atoms with Crippen molar-refractivity contribution in [1.29, 1.82) is 0 Å². The zero-order valence-electron chi connectivity index (χ0n) is 13.7. The fraction of sp³-hybridized carbons (Fsp3) is 0.824. The molecule has 1 saturated carbocycles. The fourth-order valence-corrected chi connectivity index (χ4v) is 3.23. The molecule has 0 saturated heterocycles. The summed E-state index contributed by atoms with van der Waals surface area (Å²) >= 11 is 0. The first kappa shape index (κ1) is 15.6. The maximum atomic E-state index is 4.93. The molecule has 3 nitrogen and oxygen atoms in total. The van der Waals surface area contributed by atoms with Gasteiger partial charge >= 0.3 is 0 Å². The molecule has 1 aliphatic carbocycles. The number of hydrogen-bond acceptors (Lipinski definition) is 2. The zero-order valence-corrected chi connectivity index (χ0v) is 13.7. The molecule has 20 heavy (non-hydrogen) atoms. The molecule has 1 aromatic heterocycles. The van der Waals surface area contributed by atoms with Gasteiger partial charge in [-0.25, -0.2) is 0 Å². The summed E-state index contributed by atoms with van der Waals surface area (Å²) in [5.74, 6) is 0.872. The van der Waals surface area contributed by atoms with Crippen molar-refractivity contribution >= 4 is 0 Å². The highest BCUT2D eigenvalue weighted by atomic mass is 15.3. The summed E-state index contributed by atoms with van der Waals surface area (Å²) in [6.45, 7) is 11.2. The van der Waals surface area contributed by atoms with Gasteiger partial charge in [0.2, 0.25) is 0 Å². The Hall–Kier alpha value is -0.830. The molecular weight excluding hydrogens is 246 g/mol. The Balaban J connectivity index is 2.22. The van der Waals surface area contributed by atoms with E-state index in [0.29, 0.717) is 6.04 Å². The van der Waals surface area contributed by atoms with E-state index in [0.717, 1.165) is 31.8 Å². The SMILES string of the molecule is CCCNC(C)c1c(CC)nn(CC2CCC2)c1CC. The third kappa shape index (κ3) is 3.25. The van der Waals surface area contributed by atoms with Gasteiger partial charge in [0, 0.05) is 23.8 Å². The van der Waals surface area contributed by atoms with Crippen LogP contribution in [0.3, 0.4) is 0 Å². The second-order valence-electron chi connectivity index (χ2n) is 6.17. The van der Waals surface area contributed by atoms with Crippen LogP contribution in [0.4, 0.5) is 0 Å². The van der Waals surface area contributed by atoms with Crippen LogP contribution in [0.25, 0.3) is 0 Å². The van der Waals surface area contributed by atoms with Crippen LogP contribution in [0.5, 0.6) is 0 Å². The zero-order chi connectivity index (χ0) is 14.5. The summed E-state index contributed by atoms with van der Waals surface area (Å²) in [5.41, 5.74) is 4.24. The largest absolute Gasteiger partial charge is 0.310 e. The predicted octanol–water partition coefficient (Wildman–Crippen LogP) is 3.87. The molecule has 0 aliphatic heterocycles. The van der Waals surface area contributed by atoms with E-state index in [1.54, 1.807) is 0 Å². The molecule has 1 N–H and O–H groups in total. The van der Waals surface area contributed by atoms with Gasteiger partial charge in [-0.15, -0.1) is 0 Å². The maximum Gasteiger partial charge on any atom is 0.0672 e. The van der Waals surface area contributed by atoms with E-state index >= 15 is 0 Å². The van der Waals surface area contributed by atoms with Crippen LogP contribution in [0.2, 0.25) is 0 Å². The fourth-order valence-electron chi connectivity index (χ4n) is 3.23. The molecule has 1 aromatic rings. The lowest BCUT2D eigenvalue weighted by Gasteiger charge is -2.26. The Bertz CT molecular complexity index is 418. The molecule has 0 radical (unpaired) electrons. The smallest absolute Gasteiger partial charge is 0.0672 e. The summed E-state index contributed by atoms with van der Waals surface area (Å²) in [5, 5.41) is 8.57. The van der Waals surface area contributed by atoms with Gasteiger partial charge in [-0.3, -0.25) is 4.68 Å². The molecule has 0 aromatic carbocycles. The minimum absolute atomic E-state index is 0.426. The molecule has 3 heteroatoms. The van der Waals surface area contributed by atoms with Gasteiger partial charge in [-0.1, -0.05) is 27.2 Å². The number of nitrogens with zero attached hydrogens (tertiary/aromatic N) is 2. The molecule has 2 rings (SSSR count). The van der Waals surface area contributed by atoms with Gasteiger partial charge in [0.25, 0.3) is 0 Å². The van der Waals surface area contributed by atoms with Crippen LogP contribution < -0.4 is 5.32 Å². The average Bonchev–Trinajstić information content (AvgIpc) is 2.77. The molecule has 0 bridgehead atoms. The van der Waals surface area contributed by atoms with Gasteiger partial charge < -0.3 is 5.32 Å². The lowest BCUT2D eigenvalue weighted by Crippen LogP contribution is -2.22. The summed E-state index contributed by atoms with van der Waals surface area (Å²) in [4.78, 5) is 0. The van der Waals surface area contributed by atoms with Crippen molar-refractivity contribution in [2.45, 2.75) is 78.8 Å². The Morgan fingerprint density at radius 3 is 2.50 bits per heavy atom. The Labute approximate surface area is 124 Å². The van der Waals surface area contributed by atoms with Gasteiger partial charge in [0.05, 0.1) is 5.69 Å². The molecule has 0 spiro atoms. The van der Waals surface area contributed by atoms with Crippen molar-refractivity contribution in [2.24, 2.45) is 5.92 Å². The van der Waals surface area contributed by atoms with Crippen LogP contribution >= 0.6 is 0 Å². The quantitative estimate of drug-likeness (QED) is 0.782. The maximum absolute atomic E-state index is 4.93. The van der Waals surface area contributed by atoms with E-state index in [-0.39, 0.29) is 0 Å². The highest BCUT2D eigenvalue weighted by molar-refractivity contribution is 5.30. The van der Waals surface area contributed by atoms with E-state index in [4.69, 9.17) is 5.10 Å². The predicted molar refractivity (Wildman–Crippen MR) is 85.0 cm³/mol. The Morgan fingerprint density at radius 2 is 2.00 bits per heavy atom. The highest BCUT2D eigenvalue weighted by Crippen LogP contribution is 2.30. The first-order valence-electron chi connectivity index (χ1n) is 8.52. The average molecular weight is 277 g/mol. The molecule has 1 unspecified atom stereocenters. The summed E-state index contributed by atoms with van der Waals surface area (Å²) in [6.07, 6.45) is 7.51. The van der Waals surface area contributed by atoms with Crippen molar-refractivity contribution in [3.63, 3.8) is 0 Å². The van der Waals surface area contributed by atoms with Crippen molar-refractivity contribution in [1.82, 2.24) is 15.1 Å². The number of aryl methyl sites for hydroxylation is 1. The van der Waals surface area contributed by atoms with Crippen molar-refractivity contribution < 1.29 is 0 Å². The molecule has 1 heterocycles. The second kappa shape index (κ2) is 7.26. The third-order valence-electron chi connectivity index (χ3n) is 4.63. The minimum atomic E-state index is 0.426. The lowest BCUT2D eigenvalue weighted by molar-refractivity contribution is 0.263. The normalized spacial score (nSPS) is 17.2. The van der Waals surface area contributed by atoms with E-state index in [1.807, 2.05) is 0 Å². The number of hydrogen-bond donors (Lipinski definition) is 1. The standard InChI is InChI=1S/C17H31N3/c1-5-11-18-13(4)17-15(6-2)19-20(16(17)7-3)12-14-9-8-10-14/h13-14,18H,5-12H2,1-4H3. The molecule has 1 aliphatic rings. The molecule has 1 fully saturated rings. The van der Waals surface area contributed by atoms with Crippen molar-refractivity contribution in [2.75, 3.05) is 6.54 Å². The van der Waals surface area contributed by atoms with Crippen molar-refractivity contribution in [3.8, 4) is 0 Å². The number of nitrogens with one attached hydrogen (secondary N) is 1. The molecule has 1 atom stereocenters. The van der Waals surface area contributed by atoms with Gasteiger partial charge in [-0.2, -0.15) is 5.10 Å². The van der Waals surface area contributed by atoms with Crippen LogP contribution in [-0.2, 0) is 19.4 Å². The van der Waals surface area contributed by atoms with Gasteiger partial charge in [0.1, 0.15) is 0 Å². The lowest BCUT2D eigenvalue weighted by atomic mass is 9.85. The monoisotopic (exact) mass is 277 g/mol. The van der Waals surface area contributed by atoms with E-state index in [9.17, 15) is 0 Å². The first-order chi connectivity index (χ1) is 9.71. The van der Waals surface area contributed by atoms with Crippen molar-refractivity contribution in [3.05, 3.63) is 17.0 Å². The Morgan fingerprint density at radius 1 is 1.25 bits per heavy atom. The molecular formula is C17H31N3. The van der Waals surface area contributed by atoms with E-state index < -0.39 is 0 Å². The highest BCUT2D eigenvalue weighted by Gasteiger charge is 2.24. The summed E-state index contributed by atoms with van der Waals surface area (Å²) in [7, 11) is 0. The minimum Gasteiger partial charge on any atom is -0.310 e. The van der Waals surface area contributed by atoms with E-state index in [1.165, 1.54) is 42.6 Å². The van der Waals surface area contributed by atoms with Gasteiger partial charge in [0.15, 0.2) is 0 Å². The molecule has 114 valence electrons. The third-order valence-corrected chi connectivity index (χ3v) is 4.63. The van der Waals surface area contributed by atoms with Crippen LogP contribution in [-0.4, -0.2) is 16.3 Å². The van der Waals surface area contributed by atoms with Crippen LogP contribution in [0.1, 0.15) is 76.4 Å². The number of rotatable bonds is 8. The van der Waals surface area contributed by atoms with Gasteiger partial charge in [-0.05, 0) is 51.5 Å². The van der Waals surface area contributed by atoms with Crippen LogP contribution in [0, 0.1) is 5.92 Å². The summed E-state index contributed by atoms with van der Waals surface area (Å²) < 4.78 is 2.32. The van der Waals surface area contributed by atoms with E-state index in [2.05, 4.69) is 37.7 Å². The second-order valence-corrected chi connectivity index (χ2v) is 6.17. The molecule has 0 amide bonds.